The summed E-state index contributed by atoms with van der Waals surface area (Å²) >= 11 is 3.36. The van der Waals surface area contributed by atoms with Crippen LogP contribution in [0, 0.1) is 0 Å². The van der Waals surface area contributed by atoms with Gasteiger partial charge in [-0.2, -0.15) is 0 Å². The summed E-state index contributed by atoms with van der Waals surface area (Å²) in [5, 5.41) is 0. The van der Waals surface area contributed by atoms with Crippen molar-refractivity contribution in [1.82, 2.24) is 0 Å². The van der Waals surface area contributed by atoms with E-state index < -0.39 is 0 Å². The standard InChI is InChI=1S/C13H17BrO2/c1-3-6-10(2)16-9-13(15)11-7-4-5-8-12(11)14/h4-5,7-8,10H,3,6,9H2,1-2H3. The second-order valence-corrected chi connectivity index (χ2v) is 4.67. The summed E-state index contributed by atoms with van der Waals surface area (Å²) in [5.41, 5.74) is 0.686. The summed E-state index contributed by atoms with van der Waals surface area (Å²) in [7, 11) is 0. The molecule has 0 radical (unpaired) electrons. The molecule has 1 unspecified atom stereocenters. The van der Waals surface area contributed by atoms with Gasteiger partial charge in [0.2, 0.25) is 0 Å². The lowest BCUT2D eigenvalue weighted by Crippen LogP contribution is -2.16. The van der Waals surface area contributed by atoms with Crippen molar-refractivity contribution in [3.8, 4) is 0 Å². The monoisotopic (exact) mass is 284 g/mol. The molecule has 0 saturated heterocycles. The second-order valence-electron chi connectivity index (χ2n) is 3.81. The first-order valence-corrected chi connectivity index (χ1v) is 6.33. The highest BCUT2D eigenvalue weighted by Gasteiger charge is 2.11. The van der Waals surface area contributed by atoms with Gasteiger partial charge in [-0.05, 0) is 19.4 Å². The van der Waals surface area contributed by atoms with Crippen molar-refractivity contribution in [1.29, 1.82) is 0 Å². The highest BCUT2D eigenvalue weighted by molar-refractivity contribution is 9.10. The van der Waals surface area contributed by atoms with Crippen LogP contribution in [-0.4, -0.2) is 18.5 Å². The Morgan fingerprint density at radius 2 is 2.12 bits per heavy atom. The highest BCUT2D eigenvalue weighted by Crippen LogP contribution is 2.16. The van der Waals surface area contributed by atoms with Gasteiger partial charge in [0.1, 0.15) is 6.61 Å². The smallest absolute Gasteiger partial charge is 0.189 e. The molecule has 0 heterocycles. The van der Waals surface area contributed by atoms with Crippen LogP contribution in [0.2, 0.25) is 0 Å². The Bertz CT molecular complexity index is 350. The molecular weight excluding hydrogens is 268 g/mol. The zero-order valence-corrected chi connectivity index (χ0v) is 11.3. The molecule has 88 valence electrons. The third-order valence-electron chi connectivity index (χ3n) is 2.37. The van der Waals surface area contributed by atoms with Gasteiger partial charge < -0.3 is 4.74 Å². The maximum absolute atomic E-state index is 11.8. The summed E-state index contributed by atoms with van der Waals surface area (Å²) < 4.78 is 6.31. The SMILES string of the molecule is CCCC(C)OCC(=O)c1ccccc1Br. The molecule has 0 aromatic heterocycles. The van der Waals surface area contributed by atoms with Crippen LogP contribution in [0.3, 0.4) is 0 Å². The molecule has 1 atom stereocenters. The van der Waals surface area contributed by atoms with Gasteiger partial charge in [-0.25, -0.2) is 0 Å². The Morgan fingerprint density at radius 1 is 1.44 bits per heavy atom. The van der Waals surface area contributed by atoms with Gasteiger partial charge in [0.15, 0.2) is 5.78 Å². The molecule has 2 nitrogen and oxygen atoms in total. The van der Waals surface area contributed by atoms with E-state index in [4.69, 9.17) is 4.74 Å². The number of ether oxygens (including phenoxy) is 1. The fourth-order valence-electron chi connectivity index (χ4n) is 1.47. The average Bonchev–Trinajstić information content (AvgIpc) is 2.27. The Morgan fingerprint density at radius 3 is 2.75 bits per heavy atom. The number of benzene rings is 1. The molecule has 0 spiro atoms. The van der Waals surface area contributed by atoms with Gasteiger partial charge >= 0.3 is 0 Å². The minimum Gasteiger partial charge on any atom is -0.370 e. The third-order valence-corrected chi connectivity index (χ3v) is 3.06. The molecule has 0 aliphatic rings. The minimum absolute atomic E-state index is 0.0235. The van der Waals surface area contributed by atoms with Crippen LogP contribution in [-0.2, 0) is 4.74 Å². The molecule has 0 fully saturated rings. The van der Waals surface area contributed by atoms with Gasteiger partial charge in [0.25, 0.3) is 0 Å². The largest absolute Gasteiger partial charge is 0.370 e. The number of ketones is 1. The van der Waals surface area contributed by atoms with E-state index in [9.17, 15) is 4.79 Å². The van der Waals surface area contributed by atoms with E-state index in [1.165, 1.54) is 0 Å². The maximum Gasteiger partial charge on any atom is 0.189 e. The van der Waals surface area contributed by atoms with E-state index in [2.05, 4.69) is 22.9 Å². The molecule has 16 heavy (non-hydrogen) atoms. The van der Waals surface area contributed by atoms with Crippen molar-refractivity contribution in [2.24, 2.45) is 0 Å². The number of Topliss-reactive ketones (excluding diaryl/α,β-unsaturated/α-hetero) is 1. The molecule has 0 bridgehead atoms. The van der Waals surface area contributed by atoms with E-state index in [1.54, 1.807) is 6.07 Å². The van der Waals surface area contributed by atoms with Gasteiger partial charge in [0, 0.05) is 10.0 Å². The fourth-order valence-corrected chi connectivity index (χ4v) is 1.98. The normalized spacial score (nSPS) is 12.4. The first kappa shape index (κ1) is 13.4. The zero-order valence-electron chi connectivity index (χ0n) is 9.70. The van der Waals surface area contributed by atoms with Crippen molar-refractivity contribution in [3.05, 3.63) is 34.3 Å². The highest BCUT2D eigenvalue weighted by atomic mass is 79.9. The quantitative estimate of drug-likeness (QED) is 0.742. The van der Waals surface area contributed by atoms with E-state index >= 15 is 0 Å². The van der Waals surface area contributed by atoms with Crippen LogP contribution in [0.25, 0.3) is 0 Å². The van der Waals surface area contributed by atoms with Crippen molar-refractivity contribution < 1.29 is 9.53 Å². The third kappa shape index (κ3) is 4.06. The molecule has 1 aromatic carbocycles. The number of hydrogen-bond acceptors (Lipinski definition) is 2. The molecule has 0 saturated carbocycles. The second kappa shape index (κ2) is 6.81. The Kier molecular flexibility index (Phi) is 5.71. The first-order chi connectivity index (χ1) is 7.65. The van der Waals surface area contributed by atoms with Gasteiger partial charge in [-0.3, -0.25) is 4.79 Å². The van der Waals surface area contributed by atoms with Crippen LogP contribution in [0.5, 0.6) is 0 Å². The van der Waals surface area contributed by atoms with Crippen LogP contribution in [0.4, 0.5) is 0 Å². The number of carbonyl (C=O) groups excluding carboxylic acids is 1. The van der Waals surface area contributed by atoms with Gasteiger partial charge in [-0.15, -0.1) is 0 Å². The van der Waals surface area contributed by atoms with Gasteiger partial charge in [-0.1, -0.05) is 47.5 Å². The maximum atomic E-state index is 11.8. The predicted molar refractivity (Wildman–Crippen MR) is 68.8 cm³/mol. The average molecular weight is 285 g/mol. The predicted octanol–water partition coefficient (Wildman–Crippen LogP) is 3.84. The first-order valence-electron chi connectivity index (χ1n) is 5.54. The zero-order chi connectivity index (χ0) is 12.0. The number of halogens is 1. The van der Waals surface area contributed by atoms with Crippen molar-refractivity contribution in [2.75, 3.05) is 6.61 Å². The van der Waals surface area contributed by atoms with E-state index in [1.807, 2.05) is 25.1 Å². The topological polar surface area (TPSA) is 26.3 Å². The lowest BCUT2D eigenvalue weighted by molar-refractivity contribution is 0.0490. The van der Waals surface area contributed by atoms with E-state index in [-0.39, 0.29) is 18.5 Å². The fraction of sp³-hybridized carbons (Fsp3) is 0.462. The van der Waals surface area contributed by atoms with Crippen LogP contribution in [0.1, 0.15) is 37.0 Å². The summed E-state index contributed by atoms with van der Waals surface area (Å²) in [5.74, 6) is 0.0235. The minimum atomic E-state index is 0.0235. The van der Waals surface area contributed by atoms with Crippen molar-refractivity contribution in [3.63, 3.8) is 0 Å². The van der Waals surface area contributed by atoms with Crippen LogP contribution >= 0.6 is 15.9 Å². The van der Waals surface area contributed by atoms with Crippen LogP contribution in [0.15, 0.2) is 28.7 Å². The number of hydrogen-bond donors (Lipinski definition) is 0. The Labute approximate surface area is 105 Å². The van der Waals surface area contributed by atoms with Crippen molar-refractivity contribution >= 4 is 21.7 Å². The lowest BCUT2D eigenvalue weighted by Gasteiger charge is -2.11. The molecule has 0 aliphatic heterocycles. The summed E-state index contributed by atoms with van der Waals surface area (Å²) in [6.07, 6.45) is 2.21. The van der Waals surface area contributed by atoms with Crippen LogP contribution < -0.4 is 0 Å². The van der Waals surface area contributed by atoms with Gasteiger partial charge in [0.05, 0.1) is 6.10 Å². The molecule has 0 amide bonds. The van der Waals surface area contributed by atoms with E-state index in [0.717, 1.165) is 17.3 Å². The molecule has 0 aliphatic carbocycles. The molecular formula is C13H17BrO2. The molecule has 3 heteroatoms. The molecule has 0 N–H and O–H groups in total. The summed E-state index contributed by atoms with van der Waals surface area (Å²) in [4.78, 5) is 11.8. The molecule has 1 rings (SSSR count). The van der Waals surface area contributed by atoms with Crippen molar-refractivity contribution in [2.45, 2.75) is 32.8 Å². The summed E-state index contributed by atoms with van der Waals surface area (Å²) in [6, 6.07) is 7.41. The Hall–Kier alpha value is -0.670. The van der Waals surface area contributed by atoms with E-state index in [0.29, 0.717) is 5.56 Å². The lowest BCUT2D eigenvalue weighted by atomic mass is 10.1. The number of carbonyl (C=O) groups is 1. The molecule has 1 aromatic rings. The number of rotatable bonds is 6. The Balaban J connectivity index is 2.50. The summed E-state index contributed by atoms with van der Waals surface area (Å²) in [6.45, 7) is 4.26.